The molecule has 0 saturated heterocycles. The molecule has 0 aromatic heterocycles. The molecule has 0 heterocycles. The molecule has 0 saturated carbocycles. The van der Waals surface area contributed by atoms with Crippen molar-refractivity contribution < 1.29 is 14.6 Å². The van der Waals surface area contributed by atoms with Crippen LogP contribution >= 0.6 is 11.6 Å². The Balaban J connectivity index is 2.85. The lowest BCUT2D eigenvalue weighted by Gasteiger charge is -2.10. The van der Waals surface area contributed by atoms with Crippen molar-refractivity contribution in [2.24, 2.45) is 0 Å². The maximum atomic E-state index is 10.5. The van der Waals surface area contributed by atoms with E-state index in [0.29, 0.717) is 11.3 Å². The van der Waals surface area contributed by atoms with Crippen molar-refractivity contribution in [1.29, 1.82) is 5.26 Å². The molecule has 78 valence electrons. The number of nitriles is 1. The normalized spacial score (nSPS) is 11.5. The maximum absolute atomic E-state index is 10.5. The first kappa shape index (κ1) is 11.3. The summed E-state index contributed by atoms with van der Waals surface area (Å²) in [4.78, 5) is 10.5. The Hall–Kier alpha value is -1.73. The van der Waals surface area contributed by atoms with Gasteiger partial charge in [0.25, 0.3) is 0 Å². The van der Waals surface area contributed by atoms with Gasteiger partial charge >= 0.3 is 5.97 Å². The first-order chi connectivity index (χ1) is 7.04. The van der Waals surface area contributed by atoms with Crippen molar-refractivity contribution in [2.75, 3.05) is 0 Å². The average Bonchev–Trinajstić information content (AvgIpc) is 2.18. The Kier molecular flexibility index (Phi) is 3.53. The average molecular weight is 226 g/mol. The molecule has 0 aliphatic carbocycles. The standard InChI is InChI=1S/C10H8ClNO3/c1-6(10(13)14)15-8-3-2-7(5-12)9(11)4-8/h2-4,6H,1H3,(H,13,14)/t6-/m0/s1. The Morgan fingerprint density at radius 1 is 1.67 bits per heavy atom. The number of ether oxygens (including phenoxy) is 1. The summed E-state index contributed by atoms with van der Waals surface area (Å²) in [6, 6.07) is 6.29. The van der Waals surface area contributed by atoms with Gasteiger partial charge in [0.05, 0.1) is 10.6 Å². The van der Waals surface area contributed by atoms with Crippen LogP contribution in [0.2, 0.25) is 5.02 Å². The molecule has 0 fully saturated rings. The number of hydrogen-bond acceptors (Lipinski definition) is 3. The number of carbonyl (C=O) groups is 1. The zero-order valence-electron chi connectivity index (χ0n) is 7.90. The second-order valence-corrected chi connectivity index (χ2v) is 3.26. The van der Waals surface area contributed by atoms with Crippen molar-refractivity contribution in [3.05, 3.63) is 28.8 Å². The van der Waals surface area contributed by atoms with Gasteiger partial charge in [-0.3, -0.25) is 0 Å². The quantitative estimate of drug-likeness (QED) is 0.855. The predicted molar refractivity (Wildman–Crippen MR) is 53.9 cm³/mol. The largest absolute Gasteiger partial charge is 0.479 e. The van der Waals surface area contributed by atoms with Crippen LogP contribution in [0, 0.1) is 11.3 Å². The van der Waals surface area contributed by atoms with E-state index in [2.05, 4.69) is 0 Å². The molecule has 0 aliphatic rings. The smallest absolute Gasteiger partial charge is 0.344 e. The summed E-state index contributed by atoms with van der Waals surface area (Å²) in [5, 5.41) is 17.5. The van der Waals surface area contributed by atoms with Crippen LogP contribution in [0.15, 0.2) is 18.2 Å². The van der Waals surface area contributed by atoms with Crippen LogP contribution in [0.25, 0.3) is 0 Å². The summed E-state index contributed by atoms with van der Waals surface area (Å²) in [6.07, 6.45) is -0.950. The Morgan fingerprint density at radius 2 is 2.33 bits per heavy atom. The number of hydrogen-bond donors (Lipinski definition) is 1. The minimum atomic E-state index is -1.06. The van der Waals surface area contributed by atoms with E-state index in [0.717, 1.165) is 0 Å². The van der Waals surface area contributed by atoms with E-state index in [-0.39, 0.29) is 5.02 Å². The number of carboxylic acids is 1. The van der Waals surface area contributed by atoms with Gasteiger partial charge < -0.3 is 9.84 Å². The van der Waals surface area contributed by atoms with Crippen molar-refractivity contribution in [2.45, 2.75) is 13.0 Å². The molecule has 1 rings (SSSR count). The van der Waals surface area contributed by atoms with Gasteiger partial charge in [0, 0.05) is 6.07 Å². The van der Waals surface area contributed by atoms with Crippen LogP contribution in [-0.4, -0.2) is 17.2 Å². The van der Waals surface area contributed by atoms with E-state index in [1.54, 1.807) is 0 Å². The third-order valence-corrected chi connectivity index (χ3v) is 2.03. The lowest BCUT2D eigenvalue weighted by atomic mass is 10.2. The van der Waals surface area contributed by atoms with Gasteiger partial charge in [0.2, 0.25) is 0 Å². The molecule has 1 N–H and O–H groups in total. The topological polar surface area (TPSA) is 70.3 Å². The first-order valence-electron chi connectivity index (χ1n) is 4.13. The summed E-state index contributed by atoms with van der Waals surface area (Å²) in [5.74, 6) is -0.732. The number of aliphatic carboxylic acids is 1. The molecule has 0 amide bonds. The predicted octanol–water partition coefficient (Wildman–Crippen LogP) is 2.06. The number of halogens is 1. The number of carboxylic acid groups (broad SMARTS) is 1. The molecule has 0 bridgehead atoms. The summed E-state index contributed by atoms with van der Waals surface area (Å²) in [7, 11) is 0. The lowest BCUT2D eigenvalue weighted by Crippen LogP contribution is -2.22. The molecule has 5 heteroatoms. The molecule has 1 aromatic carbocycles. The highest BCUT2D eigenvalue weighted by molar-refractivity contribution is 6.31. The third-order valence-electron chi connectivity index (χ3n) is 1.72. The molecule has 1 aromatic rings. The van der Waals surface area contributed by atoms with Crippen molar-refractivity contribution in [3.8, 4) is 11.8 Å². The van der Waals surface area contributed by atoms with E-state index in [9.17, 15) is 4.79 Å². The summed E-state index contributed by atoms with van der Waals surface area (Å²) >= 11 is 5.74. The van der Waals surface area contributed by atoms with Crippen LogP contribution < -0.4 is 4.74 Å². The van der Waals surface area contributed by atoms with Crippen LogP contribution in [0.5, 0.6) is 5.75 Å². The molecular formula is C10H8ClNO3. The minimum absolute atomic E-state index is 0.243. The number of rotatable bonds is 3. The highest BCUT2D eigenvalue weighted by atomic mass is 35.5. The van der Waals surface area contributed by atoms with Crippen LogP contribution in [-0.2, 0) is 4.79 Å². The van der Waals surface area contributed by atoms with Gasteiger partial charge in [-0.15, -0.1) is 0 Å². The highest BCUT2D eigenvalue weighted by Crippen LogP contribution is 2.22. The Labute approximate surface area is 91.7 Å². The second kappa shape index (κ2) is 4.67. The van der Waals surface area contributed by atoms with Gasteiger partial charge in [-0.25, -0.2) is 4.79 Å². The van der Waals surface area contributed by atoms with E-state index in [1.165, 1.54) is 25.1 Å². The monoisotopic (exact) mass is 225 g/mol. The molecule has 1 atom stereocenters. The fourth-order valence-electron chi connectivity index (χ4n) is 0.914. The number of nitrogens with zero attached hydrogens (tertiary/aromatic N) is 1. The highest BCUT2D eigenvalue weighted by Gasteiger charge is 2.12. The van der Waals surface area contributed by atoms with Crippen molar-refractivity contribution in [1.82, 2.24) is 0 Å². The van der Waals surface area contributed by atoms with Gasteiger partial charge in [0.1, 0.15) is 11.8 Å². The molecule has 0 aliphatic heterocycles. The van der Waals surface area contributed by atoms with E-state index < -0.39 is 12.1 Å². The zero-order chi connectivity index (χ0) is 11.4. The molecule has 4 nitrogen and oxygen atoms in total. The first-order valence-corrected chi connectivity index (χ1v) is 4.51. The fraction of sp³-hybridized carbons (Fsp3) is 0.200. The zero-order valence-corrected chi connectivity index (χ0v) is 8.65. The summed E-state index contributed by atoms with van der Waals surface area (Å²) in [6.45, 7) is 1.41. The molecule has 0 spiro atoms. The Morgan fingerprint density at radius 3 is 2.80 bits per heavy atom. The lowest BCUT2D eigenvalue weighted by molar-refractivity contribution is -0.144. The molecule has 15 heavy (non-hydrogen) atoms. The molecular weight excluding hydrogens is 218 g/mol. The SMILES string of the molecule is C[C@H](Oc1ccc(C#N)c(Cl)c1)C(=O)O. The summed E-state index contributed by atoms with van der Waals surface area (Å²) in [5.41, 5.74) is 0.326. The third kappa shape index (κ3) is 2.86. The van der Waals surface area contributed by atoms with Gasteiger partial charge in [-0.2, -0.15) is 5.26 Å². The van der Waals surface area contributed by atoms with E-state index in [1.807, 2.05) is 6.07 Å². The van der Waals surface area contributed by atoms with Gasteiger partial charge in [-0.05, 0) is 19.1 Å². The minimum Gasteiger partial charge on any atom is -0.479 e. The van der Waals surface area contributed by atoms with Crippen molar-refractivity contribution in [3.63, 3.8) is 0 Å². The van der Waals surface area contributed by atoms with Gasteiger partial charge in [-0.1, -0.05) is 11.6 Å². The van der Waals surface area contributed by atoms with Crippen molar-refractivity contribution >= 4 is 17.6 Å². The van der Waals surface area contributed by atoms with Crippen LogP contribution in [0.3, 0.4) is 0 Å². The molecule has 0 radical (unpaired) electrons. The fourth-order valence-corrected chi connectivity index (χ4v) is 1.13. The van der Waals surface area contributed by atoms with E-state index >= 15 is 0 Å². The number of benzene rings is 1. The van der Waals surface area contributed by atoms with Gasteiger partial charge in [0.15, 0.2) is 6.10 Å². The van der Waals surface area contributed by atoms with Crippen LogP contribution in [0.4, 0.5) is 0 Å². The maximum Gasteiger partial charge on any atom is 0.344 e. The molecule has 0 unspecified atom stereocenters. The van der Waals surface area contributed by atoms with E-state index in [4.69, 9.17) is 26.7 Å². The van der Waals surface area contributed by atoms with Crippen LogP contribution in [0.1, 0.15) is 12.5 Å². The second-order valence-electron chi connectivity index (χ2n) is 2.85. The Bertz CT molecular complexity index is 425. The summed E-state index contributed by atoms with van der Waals surface area (Å²) < 4.78 is 5.06.